The number of carbonyl (C=O) groups excluding carboxylic acids is 2. The first-order valence-electron chi connectivity index (χ1n) is 11.4. The van der Waals surface area contributed by atoms with Gasteiger partial charge in [-0.1, -0.05) is 53.5 Å². The first-order valence-corrected chi connectivity index (χ1v) is 12.2. The minimum absolute atomic E-state index is 0.222. The van der Waals surface area contributed by atoms with Crippen molar-refractivity contribution in [1.82, 2.24) is 14.7 Å². The van der Waals surface area contributed by atoms with Gasteiger partial charge >= 0.3 is 6.03 Å². The number of nitrogens with one attached hydrogen (secondary N) is 2. The third kappa shape index (κ3) is 6.47. The van der Waals surface area contributed by atoms with E-state index in [0.29, 0.717) is 32.9 Å². The zero-order chi connectivity index (χ0) is 26.5. The molecule has 2 N–H and O–H groups in total. The zero-order valence-electron chi connectivity index (χ0n) is 20.1. The number of urea groups is 1. The summed E-state index contributed by atoms with van der Waals surface area (Å²) in [4.78, 5) is 27.4. The van der Waals surface area contributed by atoms with Crippen LogP contribution >= 0.6 is 23.2 Å². The van der Waals surface area contributed by atoms with Crippen LogP contribution in [0.4, 0.5) is 20.7 Å². The van der Waals surface area contributed by atoms with E-state index in [2.05, 4.69) is 15.7 Å². The maximum atomic E-state index is 13.5. The lowest BCUT2D eigenvalue weighted by Crippen LogP contribution is -2.44. The molecule has 0 saturated heterocycles. The third-order valence-electron chi connectivity index (χ3n) is 5.49. The van der Waals surface area contributed by atoms with E-state index in [4.69, 9.17) is 23.2 Å². The van der Waals surface area contributed by atoms with Crippen molar-refractivity contribution in [1.29, 1.82) is 0 Å². The molecule has 3 aromatic carbocycles. The Labute approximate surface area is 223 Å². The fraction of sp³-hybridized carbons (Fsp3) is 0.148. The van der Waals surface area contributed by atoms with Crippen LogP contribution in [-0.4, -0.2) is 39.2 Å². The summed E-state index contributed by atoms with van der Waals surface area (Å²) in [5.41, 5.74) is 2.49. The van der Waals surface area contributed by atoms with Gasteiger partial charge in [0.1, 0.15) is 18.2 Å². The third-order valence-corrected chi connectivity index (χ3v) is 6.23. The maximum absolute atomic E-state index is 13.5. The number of anilines is 2. The van der Waals surface area contributed by atoms with Gasteiger partial charge in [0.25, 0.3) is 0 Å². The number of aromatic nitrogens is 2. The van der Waals surface area contributed by atoms with Crippen LogP contribution < -0.4 is 10.6 Å². The molecule has 0 aliphatic heterocycles. The van der Waals surface area contributed by atoms with Gasteiger partial charge in [-0.25, -0.2) is 13.9 Å². The Balaban J connectivity index is 1.55. The van der Waals surface area contributed by atoms with Gasteiger partial charge in [-0.2, -0.15) is 5.10 Å². The number of halogens is 3. The average Bonchev–Trinajstić information content (AvgIpc) is 3.29. The lowest BCUT2D eigenvalue weighted by Gasteiger charge is -2.26. The molecule has 0 unspecified atom stereocenters. The fourth-order valence-electron chi connectivity index (χ4n) is 3.59. The van der Waals surface area contributed by atoms with E-state index < -0.39 is 11.9 Å². The summed E-state index contributed by atoms with van der Waals surface area (Å²) in [6.07, 6.45) is 0. The van der Waals surface area contributed by atoms with Crippen molar-refractivity contribution in [3.05, 3.63) is 94.7 Å². The van der Waals surface area contributed by atoms with E-state index in [1.54, 1.807) is 44.2 Å². The molecule has 3 amide bonds. The van der Waals surface area contributed by atoms with E-state index in [1.165, 1.54) is 27.8 Å². The molecule has 1 aromatic heterocycles. The minimum atomic E-state index is -0.472. The molecule has 4 aromatic rings. The molecule has 4 rings (SSSR count). The highest BCUT2D eigenvalue weighted by Gasteiger charge is 2.22. The van der Waals surface area contributed by atoms with E-state index in [9.17, 15) is 14.0 Å². The molecule has 37 heavy (non-hydrogen) atoms. The minimum Gasteiger partial charge on any atom is -0.313 e. The highest BCUT2D eigenvalue weighted by atomic mass is 35.5. The maximum Gasteiger partial charge on any atom is 0.322 e. The Kier molecular flexibility index (Phi) is 8.11. The number of amides is 3. The lowest BCUT2D eigenvalue weighted by atomic mass is 10.1. The molecule has 0 spiro atoms. The normalized spacial score (nSPS) is 10.9. The Morgan fingerprint density at radius 3 is 2.30 bits per heavy atom. The van der Waals surface area contributed by atoms with Gasteiger partial charge in [0.2, 0.25) is 5.91 Å². The Hall–Kier alpha value is -3.88. The average molecular weight is 540 g/mol. The van der Waals surface area contributed by atoms with Gasteiger partial charge in [-0.3, -0.25) is 4.79 Å². The van der Waals surface area contributed by atoms with E-state index in [-0.39, 0.29) is 18.4 Å². The monoisotopic (exact) mass is 539 g/mol. The second kappa shape index (κ2) is 11.5. The van der Waals surface area contributed by atoms with Gasteiger partial charge in [-0.15, -0.1) is 0 Å². The Morgan fingerprint density at radius 1 is 0.946 bits per heavy atom. The van der Waals surface area contributed by atoms with Crippen LogP contribution in [0.2, 0.25) is 10.0 Å². The smallest absolute Gasteiger partial charge is 0.313 e. The Bertz CT molecular complexity index is 1410. The topological polar surface area (TPSA) is 79.3 Å². The summed E-state index contributed by atoms with van der Waals surface area (Å²) in [5, 5.41) is 10.9. The lowest BCUT2D eigenvalue weighted by molar-refractivity contribution is -0.117. The molecule has 0 aliphatic carbocycles. The number of benzene rings is 3. The standard InChI is InChI=1S/C27H24Cl2FN5O2/c1-17(2)34(27(37)31-20-10-13-22(28)23(29)14-20)16-26(36)32-25-15-24(18-6-4-3-5-7-18)33-35(25)21-11-8-19(30)9-12-21/h3-15,17H,16H2,1-2H3,(H,31,37)(H,32,36). The number of hydrogen-bond acceptors (Lipinski definition) is 3. The van der Waals surface area contributed by atoms with E-state index in [0.717, 1.165) is 5.56 Å². The molecule has 0 bridgehead atoms. The van der Waals surface area contributed by atoms with E-state index in [1.807, 2.05) is 30.3 Å². The van der Waals surface area contributed by atoms with Crippen molar-refractivity contribution >= 4 is 46.6 Å². The zero-order valence-corrected chi connectivity index (χ0v) is 21.6. The predicted molar refractivity (Wildman–Crippen MR) is 145 cm³/mol. The number of nitrogens with zero attached hydrogens (tertiary/aromatic N) is 3. The summed E-state index contributed by atoms with van der Waals surface area (Å²) in [5.74, 6) is -0.435. The molecule has 1 heterocycles. The molecule has 0 radical (unpaired) electrons. The van der Waals surface area contributed by atoms with Crippen molar-refractivity contribution in [3.8, 4) is 16.9 Å². The molecule has 0 atom stereocenters. The predicted octanol–water partition coefficient (Wildman–Crippen LogP) is 6.87. The van der Waals surface area contributed by atoms with Gasteiger partial charge in [0.05, 0.1) is 21.4 Å². The molecular weight excluding hydrogens is 516 g/mol. The first kappa shape index (κ1) is 26.2. The van der Waals surface area contributed by atoms with Crippen molar-refractivity contribution < 1.29 is 14.0 Å². The summed E-state index contributed by atoms with van der Waals surface area (Å²) in [7, 11) is 0. The molecule has 0 fully saturated rings. The summed E-state index contributed by atoms with van der Waals surface area (Å²) >= 11 is 12.0. The van der Waals surface area contributed by atoms with Crippen LogP contribution in [-0.2, 0) is 4.79 Å². The van der Waals surface area contributed by atoms with Gasteiger partial charge in [0.15, 0.2) is 0 Å². The second-order valence-electron chi connectivity index (χ2n) is 8.50. The van der Waals surface area contributed by atoms with Gasteiger partial charge in [0, 0.05) is 23.4 Å². The summed E-state index contributed by atoms with van der Waals surface area (Å²) in [6.45, 7) is 3.38. The first-order chi connectivity index (χ1) is 17.7. The van der Waals surface area contributed by atoms with Crippen molar-refractivity contribution in [3.63, 3.8) is 0 Å². The molecule has 7 nitrogen and oxygen atoms in total. The molecular formula is C27H24Cl2FN5O2. The van der Waals surface area contributed by atoms with Crippen LogP contribution in [0, 0.1) is 5.82 Å². The number of hydrogen-bond donors (Lipinski definition) is 2. The van der Waals surface area contributed by atoms with Crippen LogP contribution in [0.15, 0.2) is 78.9 Å². The van der Waals surface area contributed by atoms with Crippen molar-refractivity contribution in [2.75, 3.05) is 17.2 Å². The molecule has 10 heteroatoms. The molecule has 0 aliphatic rings. The summed E-state index contributed by atoms with van der Waals surface area (Å²) in [6, 6.07) is 20.9. The second-order valence-corrected chi connectivity index (χ2v) is 9.31. The van der Waals surface area contributed by atoms with Crippen LogP contribution in [0.5, 0.6) is 0 Å². The van der Waals surface area contributed by atoms with Gasteiger partial charge < -0.3 is 15.5 Å². The molecule has 190 valence electrons. The fourth-order valence-corrected chi connectivity index (χ4v) is 3.89. The molecule has 0 saturated carbocycles. The number of rotatable bonds is 7. The SMILES string of the molecule is CC(C)N(CC(=O)Nc1cc(-c2ccccc2)nn1-c1ccc(F)cc1)C(=O)Nc1ccc(Cl)c(Cl)c1. The quantitative estimate of drug-likeness (QED) is 0.269. The van der Waals surface area contributed by atoms with Crippen molar-refractivity contribution in [2.45, 2.75) is 19.9 Å². The largest absolute Gasteiger partial charge is 0.322 e. The summed E-state index contributed by atoms with van der Waals surface area (Å²) < 4.78 is 15.0. The number of carbonyl (C=O) groups is 2. The Morgan fingerprint density at radius 2 is 1.65 bits per heavy atom. The van der Waals surface area contributed by atoms with Crippen LogP contribution in [0.3, 0.4) is 0 Å². The van der Waals surface area contributed by atoms with E-state index >= 15 is 0 Å². The van der Waals surface area contributed by atoms with Crippen LogP contribution in [0.1, 0.15) is 13.8 Å². The van der Waals surface area contributed by atoms with Gasteiger partial charge in [-0.05, 0) is 56.3 Å². The highest BCUT2D eigenvalue weighted by Crippen LogP contribution is 2.26. The van der Waals surface area contributed by atoms with Crippen LogP contribution in [0.25, 0.3) is 16.9 Å². The highest BCUT2D eigenvalue weighted by molar-refractivity contribution is 6.42. The van der Waals surface area contributed by atoms with Crippen molar-refractivity contribution in [2.24, 2.45) is 0 Å².